The Bertz CT molecular complexity index is 605. The van der Waals surface area contributed by atoms with Crippen molar-refractivity contribution in [3.63, 3.8) is 0 Å². The van der Waals surface area contributed by atoms with Crippen molar-refractivity contribution < 1.29 is 4.79 Å². The first-order valence-electron chi connectivity index (χ1n) is 9.03. The van der Waals surface area contributed by atoms with E-state index in [1.807, 2.05) is 17.0 Å². The number of nitrogens with zero attached hydrogens (tertiary/aromatic N) is 3. The third-order valence-electron chi connectivity index (χ3n) is 5.17. The zero-order valence-corrected chi connectivity index (χ0v) is 14.6. The van der Waals surface area contributed by atoms with Gasteiger partial charge in [-0.2, -0.15) is 0 Å². The van der Waals surface area contributed by atoms with Crippen LogP contribution in [0.2, 0.25) is 0 Å². The molecule has 0 atom stereocenters. The maximum Gasteiger partial charge on any atom is 0.222 e. The molecule has 2 aliphatic rings. The summed E-state index contributed by atoms with van der Waals surface area (Å²) in [6.45, 7) is 6.42. The Kier molecular flexibility index (Phi) is 5.38. The molecule has 0 aromatic heterocycles. The van der Waals surface area contributed by atoms with Crippen LogP contribution in [0.4, 0.5) is 0 Å². The first-order chi connectivity index (χ1) is 11.6. The second kappa shape index (κ2) is 7.69. The van der Waals surface area contributed by atoms with Crippen LogP contribution in [-0.4, -0.2) is 41.3 Å². The van der Waals surface area contributed by atoms with Crippen LogP contribution < -0.4 is 5.73 Å². The average Bonchev–Trinajstić information content (AvgIpc) is 2.99. The number of rotatable bonds is 4. The van der Waals surface area contributed by atoms with E-state index in [0.717, 1.165) is 37.5 Å². The predicted molar refractivity (Wildman–Crippen MR) is 96.4 cm³/mol. The van der Waals surface area contributed by atoms with Crippen LogP contribution in [0.15, 0.2) is 29.3 Å². The van der Waals surface area contributed by atoms with Crippen molar-refractivity contribution in [2.45, 2.75) is 45.7 Å². The molecule has 3 rings (SSSR count). The van der Waals surface area contributed by atoms with Crippen LogP contribution in [0, 0.1) is 5.92 Å². The van der Waals surface area contributed by atoms with Gasteiger partial charge in [0.2, 0.25) is 5.91 Å². The van der Waals surface area contributed by atoms with Gasteiger partial charge in [-0.25, -0.2) is 4.99 Å². The molecular formula is C19H28N4O. The van der Waals surface area contributed by atoms with E-state index in [0.29, 0.717) is 25.5 Å². The van der Waals surface area contributed by atoms with Crippen LogP contribution >= 0.6 is 0 Å². The van der Waals surface area contributed by atoms with Crippen molar-refractivity contribution in [2.24, 2.45) is 16.6 Å². The molecule has 2 saturated heterocycles. The van der Waals surface area contributed by atoms with Gasteiger partial charge in [-0.15, -0.1) is 0 Å². The molecular weight excluding hydrogens is 300 g/mol. The van der Waals surface area contributed by atoms with Crippen LogP contribution in [0.25, 0.3) is 0 Å². The molecule has 0 unspecified atom stereocenters. The van der Waals surface area contributed by atoms with E-state index in [1.54, 1.807) is 0 Å². The topological polar surface area (TPSA) is 61.9 Å². The molecule has 0 spiro atoms. The molecule has 130 valence electrons. The van der Waals surface area contributed by atoms with Crippen molar-refractivity contribution >= 4 is 11.9 Å². The lowest BCUT2D eigenvalue weighted by Gasteiger charge is -2.31. The van der Waals surface area contributed by atoms with E-state index in [9.17, 15) is 4.79 Å². The lowest BCUT2D eigenvalue weighted by atomic mass is 10.00. The summed E-state index contributed by atoms with van der Waals surface area (Å²) in [6, 6.07) is 8.23. The number of carbonyl (C=O) groups excluding carboxylic acids is 1. The molecule has 5 nitrogen and oxygen atoms in total. The predicted octanol–water partition coefficient (Wildman–Crippen LogP) is 2.36. The Balaban J connectivity index is 1.64. The monoisotopic (exact) mass is 328 g/mol. The third kappa shape index (κ3) is 4.08. The zero-order chi connectivity index (χ0) is 16.9. The summed E-state index contributed by atoms with van der Waals surface area (Å²) in [5.74, 6) is 1.69. The number of nitrogens with two attached hydrogens (primary N) is 1. The molecule has 24 heavy (non-hydrogen) atoms. The van der Waals surface area contributed by atoms with Crippen molar-refractivity contribution in [1.82, 2.24) is 9.80 Å². The van der Waals surface area contributed by atoms with E-state index in [2.05, 4.69) is 28.9 Å². The SMILES string of the molecule is CC1CCN(C(N)=NCc2ccccc2CN2CCCC2=O)CC1. The van der Waals surface area contributed by atoms with Crippen LogP contribution in [0.1, 0.15) is 43.7 Å². The van der Waals surface area contributed by atoms with Gasteiger partial charge in [0.05, 0.1) is 6.54 Å². The quantitative estimate of drug-likeness (QED) is 0.682. The maximum atomic E-state index is 11.9. The minimum atomic E-state index is 0.259. The highest BCUT2D eigenvalue weighted by Crippen LogP contribution is 2.19. The fraction of sp³-hybridized carbons (Fsp3) is 0.579. The third-order valence-corrected chi connectivity index (χ3v) is 5.17. The number of hydrogen-bond acceptors (Lipinski definition) is 2. The number of aliphatic imine (C=N–C) groups is 1. The van der Waals surface area contributed by atoms with Crippen molar-refractivity contribution in [3.8, 4) is 0 Å². The number of likely N-dealkylation sites (tertiary alicyclic amines) is 2. The van der Waals surface area contributed by atoms with Crippen LogP contribution in [-0.2, 0) is 17.9 Å². The number of benzene rings is 1. The minimum Gasteiger partial charge on any atom is -0.370 e. The van der Waals surface area contributed by atoms with Crippen molar-refractivity contribution in [2.75, 3.05) is 19.6 Å². The van der Waals surface area contributed by atoms with Crippen LogP contribution in [0.3, 0.4) is 0 Å². The highest BCUT2D eigenvalue weighted by molar-refractivity contribution is 5.78. The second-order valence-electron chi connectivity index (χ2n) is 7.03. The molecule has 2 N–H and O–H groups in total. The summed E-state index contributed by atoms with van der Waals surface area (Å²) in [5, 5.41) is 0. The summed E-state index contributed by atoms with van der Waals surface area (Å²) in [5.41, 5.74) is 8.52. The molecule has 1 aromatic rings. The van der Waals surface area contributed by atoms with Crippen molar-refractivity contribution in [1.29, 1.82) is 0 Å². The maximum absolute atomic E-state index is 11.9. The zero-order valence-electron chi connectivity index (χ0n) is 14.6. The van der Waals surface area contributed by atoms with Gasteiger partial charge in [0.25, 0.3) is 0 Å². The Morgan fingerprint density at radius 2 is 1.92 bits per heavy atom. The van der Waals surface area contributed by atoms with Gasteiger partial charge in [-0.3, -0.25) is 4.79 Å². The van der Waals surface area contributed by atoms with Gasteiger partial charge >= 0.3 is 0 Å². The Labute approximate surface area is 144 Å². The van der Waals surface area contributed by atoms with E-state index >= 15 is 0 Å². The van der Waals surface area contributed by atoms with Gasteiger partial charge in [-0.05, 0) is 36.3 Å². The highest BCUT2D eigenvalue weighted by Gasteiger charge is 2.21. The van der Waals surface area contributed by atoms with E-state index in [4.69, 9.17) is 5.73 Å². The normalized spacial score (nSPS) is 20.0. The summed E-state index contributed by atoms with van der Waals surface area (Å²) in [7, 11) is 0. The van der Waals surface area contributed by atoms with Gasteiger partial charge in [0, 0.05) is 32.6 Å². The molecule has 2 aliphatic heterocycles. The lowest BCUT2D eigenvalue weighted by Crippen LogP contribution is -2.42. The molecule has 0 bridgehead atoms. The summed E-state index contributed by atoms with van der Waals surface area (Å²) >= 11 is 0. The fourth-order valence-electron chi connectivity index (χ4n) is 3.45. The average molecular weight is 328 g/mol. The summed E-state index contributed by atoms with van der Waals surface area (Å²) in [6.07, 6.45) is 4.02. The van der Waals surface area contributed by atoms with Gasteiger partial charge in [-0.1, -0.05) is 31.2 Å². The fourth-order valence-corrected chi connectivity index (χ4v) is 3.45. The first kappa shape index (κ1) is 16.8. The minimum absolute atomic E-state index is 0.259. The lowest BCUT2D eigenvalue weighted by molar-refractivity contribution is -0.128. The number of piperidine rings is 1. The largest absolute Gasteiger partial charge is 0.370 e. The standard InChI is InChI=1S/C19H28N4O/c1-15-8-11-22(12-9-15)19(20)21-13-16-5-2-3-6-17(16)14-23-10-4-7-18(23)24/h2-3,5-6,15H,4,7-14H2,1H3,(H2,20,21). The molecule has 2 heterocycles. The number of amides is 1. The van der Waals surface area contributed by atoms with E-state index in [-0.39, 0.29) is 5.91 Å². The Morgan fingerprint density at radius 1 is 1.21 bits per heavy atom. The molecule has 0 radical (unpaired) electrons. The molecule has 5 heteroatoms. The van der Waals surface area contributed by atoms with Crippen molar-refractivity contribution in [3.05, 3.63) is 35.4 Å². The Hall–Kier alpha value is -2.04. The molecule has 2 fully saturated rings. The summed E-state index contributed by atoms with van der Waals surface area (Å²) in [4.78, 5) is 20.6. The van der Waals surface area contributed by atoms with E-state index < -0.39 is 0 Å². The molecule has 0 aliphatic carbocycles. The number of guanidine groups is 1. The van der Waals surface area contributed by atoms with Gasteiger partial charge in [0.15, 0.2) is 5.96 Å². The Morgan fingerprint density at radius 3 is 2.58 bits per heavy atom. The summed E-state index contributed by atoms with van der Waals surface area (Å²) < 4.78 is 0. The van der Waals surface area contributed by atoms with Gasteiger partial charge < -0.3 is 15.5 Å². The van der Waals surface area contributed by atoms with E-state index in [1.165, 1.54) is 18.4 Å². The highest BCUT2D eigenvalue weighted by atomic mass is 16.2. The molecule has 1 amide bonds. The second-order valence-corrected chi connectivity index (χ2v) is 7.03. The number of hydrogen-bond donors (Lipinski definition) is 1. The number of carbonyl (C=O) groups is 1. The van der Waals surface area contributed by atoms with Crippen LogP contribution in [0.5, 0.6) is 0 Å². The first-order valence-corrected chi connectivity index (χ1v) is 9.03. The molecule has 0 saturated carbocycles. The smallest absolute Gasteiger partial charge is 0.222 e. The van der Waals surface area contributed by atoms with Gasteiger partial charge in [0.1, 0.15) is 0 Å². The molecule has 1 aromatic carbocycles.